The quantitative estimate of drug-likeness (QED) is 0.939. The van der Waals surface area contributed by atoms with Gasteiger partial charge in [0.05, 0.1) is 11.6 Å². The minimum absolute atomic E-state index is 0.331. The van der Waals surface area contributed by atoms with Crippen LogP contribution in [-0.2, 0) is 11.2 Å². The van der Waals surface area contributed by atoms with E-state index in [0.717, 1.165) is 15.7 Å². The number of aliphatic carboxylic acids is 1. The standard InChI is InChI=1S/C14H13BrN2O2/c1-9(14(18)19)7-13-16-6-5-12(17-13)10-3-2-4-11(15)8-10/h2-6,8-9H,7H2,1H3,(H,18,19). The zero-order valence-corrected chi connectivity index (χ0v) is 12.0. The molecule has 0 aliphatic carbocycles. The van der Waals surface area contributed by atoms with Crippen LogP contribution in [0.1, 0.15) is 12.7 Å². The van der Waals surface area contributed by atoms with Gasteiger partial charge in [-0.3, -0.25) is 4.79 Å². The number of aromatic nitrogens is 2. The first-order chi connectivity index (χ1) is 9.06. The Balaban J connectivity index is 2.27. The molecule has 1 aromatic carbocycles. The average Bonchev–Trinajstić information content (AvgIpc) is 2.39. The van der Waals surface area contributed by atoms with E-state index in [0.29, 0.717) is 12.2 Å². The number of benzene rings is 1. The van der Waals surface area contributed by atoms with Gasteiger partial charge in [0.1, 0.15) is 5.82 Å². The number of hydrogen-bond donors (Lipinski definition) is 1. The van der Waals surface area contributed by atoms with Crippen LogP contribution in [0.5, 0.6) is 0 Å². The molecule has 1 unspecified atom stereocenters. The van der Waals surface area contributed by atoms with E-state index in [1.165, 1.54) is 0 Å². The minimum atomic E-state index is -0.837. The molecule has 1 N–H and O–H groups in total. The summed E-state index contributed by atoms with van der Waals surface area (Å²) in [7, 11) is 0. The van der Waals surface area contributed by atoms with Gasteiger partial charge in [-0.1, -0.05) is 35.0 Å². The van der Waals surface area contributed by atoms with E-state index in [9.17, 15) is 4.79 Å². The van der Waals surface area contributed by atoms with Crippen LogP contribution in [0.25, 0.3) is 11.3 Å². The van der Waals surface area contributed by atoms with Gasteiger partial charge in [-0.05, 0) is 18.2 Å². The number of hydrogen-bond acceptors (Lipinski definition) is 3. The molecule has 1 atom stereocenters. The number of carbonyl (C=O) groups is 1. The molecule has 19 heavy (non-hydrogen) atoms. The van der Waals surface area contributed by atoms with Gasteiger partial charge in [0.15, 0.2) is 0 Å². The van der Waals surface area contributed by atoms with Gasteiger partial charge >= 0.3 is 5.97 Å². The van der Waals surface area contributed by atoms with Gasteiger partial charge in [0, 0.05) is 22.7 Å². The van der Waals surface area contributed by atoms with Crippen molar-refractivity contribution in [1.82, 2.24) is 9.97 Å². The fourth-order valence-corrected chi connectivity index (χ4v) is 2.07. The van der Waals surface area contributed by atoms with Crippen molar-refractivity contribution in [2.24, 2.45) is 5.92 Å². The van der Waals surface area contributed by atoms with Crippen LogP contribution in [0.15, 0.2) is 41.0 Å². The molecule has 0 radical (unpaired) electrons. The van der Waals surface area contributed by atoms with Gasteiger partial charge < -0.3 is 5.11 Å². The Morgan fingerprint density at radius 2 is 2.21 bits per heavy atom. The van der Waals surface area contributed by atoms with Crippen LogP contribution >= 0.6 is 15.9 Å². The molecule has 0 amide bonds. The summed E-state index contributed by atoms with van der Waals surface area (Å²) in [5.74, 6) is -0.776. The van der Waals surface area contributed by atoms with E-state index < -0.39 is 11.9 Å². The lowest BCUT2D eigenvalue weighted by Crippen LogP contribution is -2.14. The molecule has 5 heteroatoms. The molecule has 0 aliphatic rings. The first-order valence-electron chi connectivity index (χ1n) is 5.87. The lowest BCUT2D eigenvalue weighted by molar-refractivity contribution is -0.141. The summed E-state index contributed by atoms with van der Waals surface area (Å²) in [5, 5.41) is 8.90. The molecule has 98 valence electrons. The molecule has 4 nitrogen and oxygen atoms in total. The van der Waals surface area contributed by atoms with Gasteiger partial charge in [0.2, 0.25) is 0 Å². The molecular weight excluding hydrogens is 308 g/mol. The van der Waals surface area contributed by atoms with E-state index >= 15 is 0 Å². The van der Waals surface area contributed by atoms with Crippen LogP contribution < -0.4 is 0 Å². The van der Waals surface area contributed by atoms with Gasteiger partial charge in [-0.25, -0.2) is 9.97 Å². The van der Waals surface area contributed by atoms with Crippen molar-refractivity contribution in [3.63, 3.8) is 0 Å². The number of halogens is 1. The van der Waals surface area contributed by atoms with Crippen LogP contribution in [0.2, 0.25) is 0 Å². The van der Waals surface area contributed by atoms with Crippen molar-refractivity contribution in [3.8, 4) is 11.3 Å². The first-order valence-corrected chi connectivity index (χ1v) is 6.66. The van der Waals surface area contributed by atoms with Crippen molar-refractivity contribution in [1.29, 1.82) is 0 Å². The fraction of sp³-hybridized carbons (Fsp3) is 0.214. The van der Waals surface area contributed by atoms with Crippen LogP contribution in [0.3, 0.4) is 0 Å². The summed E-state index contributed by atoms with van der Waals surface area (Å²) < 4.78 is 0.976. The molecule has 0 fully saturated rings. The predicted molar refractivity (Wildman–Crippen MR) is 75.7 cm³/mol. The Morgan fingerprint density at radius 3 is 2.89 bits per heavy atom. The molecule has 1 heterocycles. The Labute approximate surface area is 119 Å². The molecule has 0 saturated heterocycles. The molecule has 0 spiro atoms. The SMILES string of the molecule is CC(Cc1nccc(-c2cccc(Br)c2)n1)C(=O)O. The molecule has 1 aromatic heterocycles. The third-order valence-electron chi connectivity index (χ3n) is 2.74. The molecule has 0 bridgehead atoms. The van der Waals surface area contributed by atoms with Gasteiger partial charge in [0.25, 0.3) is 0 Å². The lowest BCUT2D eigenvalue weighted by Gasteiger charge is -2.07. The average molecular weight is 321 g/mol. The number of nitrogens with zero attached hydrogens (tertiary/aromatic N) is 2. The molecule has 2 aromatic rings. The van der Waals surface area contributed by atoms with Crippen LogP contribution in [-0.4, -0.2) is 21.0 Å². The Bertz CT molecular complexity index is 602. The Morgan fingerprint density at radius 1 is 1.42 bits per heavy atom. The predicted octanol–water partition coefficient (Wildman–Crippen LogP) is 3.17. The van der Waals surface area contributed by atoms with Gasteiger partial charge in [-0.15, -0.1) is 0 Å². The Hall–Kier alpha value is -1.75. The summed E-state index contributed by atoms with van der Waals surface area (Å²) in [6.07, 6.45) is 1.99. The summed E-state index contributed by atoms with van der Waals surface area (Å²) >= 11 is 3.42. The molecule has 0 aliphatic heterocycles. The normalized spacial score (nSPS) is 12.1. The van der Waals surface area contributed by atoms with Crippen molar-refractivity contribution >= 4 is 21.9 Å². The summed E-state index contributed by atoms with van der Waals surface area (Å²) in [5.41, 5.74) is 1.77. The topological polar surface area (TPSA) is 63.1 Å². The largest absolute Gasteiger partial charge is 0.481 e. The number of carboxylic acid groups (broad SMARTS) is 1. The van der Waals surface area contributed by atoms with E-state index in [2.05, 4.69) is 25.9 Å². The second-order valence-corrected chi connectivity index (χ2v) is 5.23. The van der Waals surface area contributed by atoms with E-state index in [-0.39, 0.29) is 0 Å². The highest BCUT2D eigenvalue weighted by Gasteiger charge is 2.13. The first kappa shape index (κ1) is 13.7. The van der Waals surface area contributed by atoms with E-state index in [1.54, 1.807) is 13.1 Å². The maximum Gasteiger partial charge on any atom is 0.306 e. The zero-order chi connectivity index (χ0) is 13.8. The van der Waals surface area contributed by atoms with Gasteiger partial charge in [-0.2, -0.15) is 0 Å². The maximum atomic E-state index is 10.8. The molecular formula is C14H13BrN2O2. The zero-order valence-electron chi connectivity index (χ0n) is 10.4. The smallest absolute Gasteiger partial charge is 0.306 e. The maximum absolute atomic E-state index is 10.8. The van der Waals surface area contributed by atoms with Crippen molar-refractivity contribution in [2.75, 3.05) is 0 Å². The third kappa shape index (κ3) is 3.61. The van der Waals surface area contributed by atoms with Crippen LogP contribution in [0.4, 0.5) is 0 Å². The van der Waals surface area contributed by atoms with E-state index in [4.69, 9.17) is 5.11 Å². The van der Waals surface area contributed by atoms with Crippen molar-refractivity contribution in [3.05, 3.63) is 46.8 Å². The van der Waals surface area contributed by atoms with E-state index in [1.807, 2.05) is 30.3 Å². The Kier molecular flexibility index (Phi) is 4.27. The summed E-state index contributed by atoms with van der Waals surface area (Å²) in [6, 6.07) is 9.61. The highest BCUT2D eigenvalue weighted by atomic mass is 79.9. The number of carboxylic acids is 1. The highest BCUT2D eigenvalue weighted by Crippen LogP contribution is 2.21. The molecule has 0 saturated carbocycles. The summed E-state index contributed by atoms with van der Waals surface area (Å²) in [4.78, 5) is 19.4. The lowest BCUT2D eigenvalue weighted by atomic mass is 10.1. The van der Waals surface area contributed by atoms with Crippen molar-refractivity contribution < 1.29 is 9.90 Å². The number of rotatable bonds is 4. The second-order valence-electron chi connectivity index (χ2n) is 4.31. The van der Waals surface area contributed by atoms with Crippen LogP contribution in [0, 0.1) is 5.92 Å². The third-order valence-corrected chi connectivity index (χ3v) is 3.23. The second kappa shape index (κ2) is 5.93. The molecule has 2 rings (SSSR count). The van der Waals surface area contributed by atoms with Crippen molar-refractivity contribution in [2.45, 2.75) is 13.3 Å². The highest BCUT2D eigenvalue weighted by molar-refractivity contribution is 9.10. The monoisotopic (exact) mass is 320 g/mol. The summed E-state index contributed by atoms with van der Waals surface area (Å²) in [6.45, 7) is 1.65. The fourth-order valence-electron chi connectivity index (χ4n) is 1.67. The minimum Gasteiger partial charge on any atom is -0.481 e.